The van der Waals surface area contributed by atoms with Gasteiger partial charge >= 0.3 is 5.97 Å². The Morgan fingerprint density at radius 2 is 1.68 bits per heavy atom. The molecule has 8 nitrogen and oxygen atoms in total. The number of hydrogen-bond acceptors (Lipinski definition) is 7. The summed E-state index contributed by atoms with van der Waals surface area (Å²) in [6.45, 7) is 0.511. The first-order valence-corrected chi connectivity index (χ1v) is 11.5. The van der Waals surface area contributed by atoms with Crippen LogP contribution in [0.25, 0.3) is 0 Å². The van der Waals surface area contributed by atoms with E-state index in [9.17, 15) is 22.8 Å². The van der Waals surface area contributed by atoms with Crippen molar-refractivity contribution in [2.45, 2.75) is 19.4 Å². The van der Waals surface area contributed by atoms with Gasteiger partial charge in [0.05, 0.1) is 17.5 Å². The fraction of sp³-hybridized carbons (Fsp3) is 0.318. The predicted molar refractivity (Wildman–Crippen MR) is 114 cm³/mol. The van der Waals surface area contributed by atoms with Gasteiger partial charge < -0.3 is 14.4 Å². The molecule has 0 aliphatic carbocycles. The third kappa shape index (κ3) is 6.14. The molecule has 1 heterocycles. The van der Waals surface area contributed by atoms with E-state index in [1.54, 1.807) is 54.6 Å². The molecule has 1 saturated heterocycles. The number of benzene rings is 2. The number of esters is 1. The maximum absolute atomic E-state index is 12.8. The van der Waals surface area contributed by atoms with Gasteiger partial charge in [-0.25, -0.2) is 13.2 Å². The highest BCUT2D eigenvalue weighted by Crippen LogP contribution is 2.24. The van der Waals surface area contributed by atoms with Crippen LogP contribution in [0.4, 0.5) is 5.69 Å². The molecule has 1 fully saturated rings. The van der Waals surface area contributed by atoms with E-state index in [4.69, 9.17) is 9.47 Å². The minimum Gasteiger partial charge on any atom is -0.482 e. The molecule has 1 aliphatic rings. The molecule has 0 radical (unpaired) electrons. The van der Waals surface area contributed by atoms with Crippen LogP contribution >= 0.6 is 0 Å². The maximum atomic E-state index is 12.8. The summed E-state index contributed by atoms with van der Waals surface area (Å²) in [5, 5.41) is 0. The van der Waals surface area contributed by atoms with Crippen LogP contribution in [0.3, 0.4) is 0 Å². The van der Waals surface area contributed by atoms with Crippen molar-refractivity contribution in [3.8, 4) is 5.75 Å². The smallest absolute Gasteiger partial charge is 0.344 e. The van der Waals surface area contributed by atoms with Crippen molar-refractivity contribution >= 4 is 33.2 Å². The highest BCUT2D eigenvalue weighted by atomic mass is 32.2. The van der Waals surface area contributed by atoms with Crippen LogP contribution in [0, 0.1) is 0 Å². The number of ether oxygens (including phenoxy) is 2. The Balaban J connectivity index is 1.57. The average molecular weight is 445 g/mol. The molecule has 1 aliphatic heterocycles. The Hall–Kier alpha value is -3.20. The predicted octanol–water partition coefficient (Wildman–Crippen LogP) is 2.03. The molecule has 2 aromatic carbocycles. The minimum absolute atomic E-state index is 0.0182. The van der Waals surface area contributed by atoms with Crippen LogP contribution < -0.4 is 9.64 Å². The molecule has 1 amide bonds. The largest absolute Gasteiger partial charge is 0.482 e. The second kappa shape index (κ2) is 9.74. The first kappa shape index (κ1) is 22.5. The topological polar surface area (TPSA) is 107 Å². The molecule has 0 bridgehead atoms. The van der Waals surface area contributed by atoms with Gasteiger partial charge in [-0.05, 0) is 49.7 Å². The van der Waals surface area contributed by atoms with Gasteiger partial charge in [0.2, 0.25) is 0 Å². The second-order valence-electron chi connectivity index (χ2n) is 7.19. The van der Waals surface area contributed by atoms with Gasteiger partial charge in [-0.1, -0.05) is 18.2 Å². The second-order valence-corrected chi connectivity index (χ2v) is 9.41. The summed E-state index contributed by atoms with van der Waals surface area (Å²) in [7, 11) is -3.20. The Morgan fingerprint density at radius 1 is 1.00 bits per heavy atom. The summed E-state index contributed by atoms with van der Waals surface area (Å²) >= 11 is 0. The van der Waals surface area contributed by atoms with Crippen LogP contribution in [0.1, 0.15) is 23.7 Å². The van der Waals surface area contributed by atoms with E-state index < -0.39 is 41.0 Å². The molecule has 31 heavy (non-hydrogen) atoms. The molecule has 2 aromatic rings. The lowest BCUT2D eigenvalue weighted by Crippen LogP contribution is -2.43. The van der Waals surface area contributed by atoms with Crippen LogP contribution in [0.5, 0.6) is 5.75 Å². The fourth-order valence-corrected chi connectivity index (χ4v) is 5.01. The normalized spacial score (nSPS) is 17.0. The first-order chi connectivity index (χ1) is 14.7. The monoisotopic (exact) mass is 445 g/mol. The molecule has 1 unspecified atom stereocenters. The lowest BCUT2D eigenvalue weighted by Gasteiger charge is -2.28. The van der Waals surface area contributed by atoms with Gasteiger partial charge in [0.1, 0.15) is 5.75 Å². The third-order valence-corrected chi connectivity index (χ3v) is 6.60. The van der Waals surface area contributed by atoms with Crippen molar-refractivity contribution in [3.05, 3.63) is 60.2 Å². The van der Waals surface area contributed by atoms with Crippen molar-refractivity contribution in [3.63, 3.8) is 0 Å². The summed E-state index contributed by atoms with van der Waals surface area (Å²) in [6, 6.07) is 14.5. The van der Waals surface area contributed by atoms with Gasteiger partial charge in [0.25, 0.3) is 5.91 Å². The molecule has 0 spiro atoms. The zero-order valence-electron chi connectivity index (χ0n) is 17.0. The number of carbonyl (C=O) groups excluding carboxylic acids is 3. The Morgan fingerprint density at radius 3 is 2.26 bits per heavy atom. The van der Waals surface area contributed by atoms with Crippen LogP contribution in [0.2, 0.25) is 0 Å². The lowest BCUT2D eigenvalue weighted by molar-refractivity contribution is -0.149. The number of nitrogens with zero attached hydrogens (tertiary/aromatic N) is 1. The highest BCUT2D eigenvalue weighted by Gasteiger charge is 2.35. The van der Waals surface area contributed by atoms with E-state index in [1.165, 1.54) is 11.8 Å². The third-order valence-electron chi connectivity index (χ3n) is 4.85. The molecule has 164 valence electrons. The average Bonchev–Trinajstić information content (AvgIpc) is 3.11. The summed E-state index contributed by atoms with van der Waals surface area (Å²) in [4.78, 5) is 37.5. The van der Waals surface area contributed by atoms with E-state index in [0.29, 0.717) is 23.4 Å². The van der Waals surface area contributed by atoms with E-state index in [2.05, 4.69) is 0 Å². The molecule has 0 N–H and O–H groups in total. The van der Waals surface area contributed by atoms with Crippen LogP contribution in [0.15, 0.2) is 54.6 Å². The number of sulfone groups is 1. The maximum Gasteiger partial charge on any atom is 0.344 e. The number of carbonyl (C=O) groups is 3. The van der Waals surface area contributed by atoms with Gasteiger partial charge in [0, 0.05) is 11.3 Å². The summed E-state index contributed by atoms with van der Waals surface area (Å²) in [5.41, 5.74) is 1.07. The van der Waals surface area contributed by atoms with E-state index in [-0.39, 0.29) is 17.3 Å². The van der Waals surface area contributed by atoms with Crippen LogP contribution in [-0.2, 0) is 24.2 Å². The summed E-state index contributed by atoms with van der Waals surface area (Å²) < 4.78 is 34.1. The zero-order valence-corrected chi connectivity index (χ0v) is 17.8. The van der Waals surface area contributed by atoms with Gasteiger partial charge in [-0.3, -0.25) is 9.59 Å². The summed E-state index contributed by atoms with van der Waals surface area (Å²) in [6.07, 6.45) is 0.330. The number of hydrogen-bond donors (Lipinski definition) is 0. The SMILES string of the molecule is CC(=O)c1ccc(OCC(=O)OCC(=O)N(c2ccccc2)C2CCS(=O)(=O)C2)cc1. The number of Topliss-reactive ketones (excluding diaryl/α,β-unsaturated/α-hetero) is 1. The molecule has 1 atom stereocenters. The zero-order chi connectivity index (χ0) is 22.4. The van der Waals surface area contributed by atoms with E-state index in [1.807, 2.05) is 0 Å². The number of ketones is 1. The molecular formula is C22H23NO7S. The highest BCUT2D eigenvalue weighted by molar-refractivity contribution is 7.91. The van der Waals surface area contributed by atoms with Gasteiger partial charge in [-0.15, -0.1) is 0 Å². The Bertz CT molecular complexity index is 1050. The number of anilines is 1. The van der Waals surface area contributed by atoms with Crippen molar-refractivity contribution in [2.24, 2.45) is 0 Å². The molecule has 3 rings (SSSR count). The van der Waals surface area contributed by atoms with Crippen molar-refractivity contribution in [1.82, 2.24) is 0 Å². The fourth-order valence-electron chi connectivity index (χ4n) is 3.31. The van der Waals surface area contributed by atoms with E-state index in [0.717, 1.165) is 0 Å². The minimum atomic E-state index is -3.20. The van der Waals surface area contributed by atoms with Crippen molar-refractivity contribution in [1.29, 1.82) is 0 Å². The quantitative estimate of drug-likeness (QED) is 0.452. The van der Waals surface area contributed by atoms with Crippen LogP contribution in [-0.4, -0.2) is 56.8 Å². The lowest BCUT2D eigenvalue weighted by atomic mass is 10.1. The summed E-state index contributed by atoms with van der Waals surface area (Å²) in [5.74, 6) is -1.05. The van der Waals surface area contributed by atoms with Gasteiger partial charge in [-0.2, -0.15) is 0 Å². The Kier molecular flexibility index (Phi) is 7.06. The van der Waals surface area contributed by atoms with E-state index >= 15 is 0 Å². The van der Waals surface area contributed by atoms with Gasteiger partial charge in [0.15, 0.2) is 28.8 Å². The molecular weight excluding hydrogens is 422 g/mol. The number of para-hydroxylation sites is 1. The molecule has 0 aromatic heterocycles. The standard InChI is InChI=1S/C22H23NO7S/c1-16(24)17-7-9-20(10-8-17)29-14-22(26)30-13-21(25)23(18-5-3-2-4-6-18)19-11-12-31(27,28)15-19/h2-10,19H,11-15H2,1H3. The number of rotatable bonds is 8. The van der Waals surface area contributed by atoms with Crippen molar-refractivity contribution < 1.29 is 32.3 Å². The van der Waals surface area contributed by atoms with Crippen molar-refractivity contribution in [2.75, 3.05) is 29.6 Å². The molecule has 0 saturated carbocycles. The Labute approximate surface area is 180 Å². The first-order valence-electron chi connectivity index (χ1n) is 9.72. The number of amides is 1. The molecule has 9 heteroatoms.